The molecule has 0 spiro atoms. The van der Waals surface area contributed by atoms with Crippen LogP contribution < -0.4 is 9.80 Å². The molecule has 1 aliphatic heterocycles. The molecule has 2 atom stereocenters. The molecule has 8 heteroatoms. The number of aryl methyl sites for hydroxylation is 1. The van der Waals surface area contributed by atoms with Crippen molar-refractivity contribution in [1.82, 2.24) is 0 Å². The van der Waals surface area contributed by atoms with Crippen molar-refractivity contribution >= 4 is 33.3 Å². The predicted molar refractivity (Wildman–Crippen MR) is 124 cm³/mol. The summed E-state index contributed by atoms with van der Waals surface area (Å²) >= 11 is 3.33. The van der Waals surface area contributed by atoms with Crippen molar-refractivity contribution in [3.63, 3.8) is 0 Å². The van der Waals surface area contributed by atoms with Crippen molar-refractivity contribution in [2.45, 2.75) is 31.6 Å². The van der Waals surface area contributed by atoms with E-state index >= 15 is 0 Å². The van der Waals surface area contributed by atoms with E-state index in [1.807, 2.05) is 6.07 Å². The molecule has 0 bridgehead atoms. The van der Waals surface area contributed by atoms with Gasteiger partial charge in [-0.1, -0.05) is 45.8 Å². The fraction of sp³-hybridized carbons (Fsp3) is 0.200. The number of anilines is 2. The predicted octanol–water partition coefficient (Wildman–Crippen LogP) is 7.14. The number of halogens is 4. The van der Waals surface area contributed by atoms with Gasteiger partial charge in [0.1, 0.15) is 0 Å². The van der Waals surface area contributed by atoms with Gasteiger partial charge in [0.2, 0.25) is 0 Å². The monoisotopic (exact) mass is 513 g/mol. The third-order valence-corrected chi connectivity index (χ3v) is 6.47. The molecule has 2 amide bonds. The highest BCUT2D eigenvalue weighted by molar-refractivity contribution is 9.10. The lowest BCUT2D eigenvalue weighted by atomic mass is 9.84. The number of carbonyl (C=O) groups is 1. The van der Waals surface area contributed by atoms with Gasteiger partial charge in [-0.2, -0.15) is 18.4 Å². The molecule has 0 aromatic heterocycles. The van der Waals surface area contributed by atoms with E-state index in [1.165, 1.54) is 29.2 Å². The van der Waals surface area contributed by atoms with Gasteiger partial charge in [-0.05, 0) is 67.9 Å². The second-order valence-corrected chi connectivity index (χ2v) is 9.00. The summed E-state index contributed by atoms with van der Waals surface area (Å²) in [5, 5.41) is 9.08. The molecule has 33 heavy (non-hydrogen) atoms. The fourth-order valence-corrected chi connectivity index (χ4v) is 4.58. The van der Waals surface area contributed by atoms with Crippen LogP contribution in [-0.4, -0.2) is 17.7 Å². The summed E-state index contributed by atoms with van der Waals surface area (Å²) < 4.78 is 45.5. The second kappa shape index (κ2) is 8.23. The van der Waals surface area contributed by atoms with Crippen LogP contribution in [0.1, 0.15) is 29.7 Å². The minimum Gasteiger partial charge on any atom is -0.284 e. The number of nitriles is 1. The average molecular weight is 514 g/mol. The van der Waals surface area contributed by atoms with Crippen LogP contribution in [0.15, 0.2) is 77.3 Å². The Kier molecular flexibility index (Phi) is 5.71. The summed E-state index contributed by atoms with van der Waals surface area (Å²) in [5.74, 6) is 0. The van der Waals surface area contributed by atoms with Crippen LogP contribution in [0.4, 0.5) is 29.3 Å². The first-order valence-electron chi connectivity index (χ1n) is 10.1. The Hall–Kier alpha value is -3.31. The summed E-state index contributed by atoms with van der Waals surface area (Å²) in [4.78, 5) is 15.7. The molecule has 1 heterocycles. The number of carbonyl (C=O) groups excluding carboxylic acids is 1. The lowest BCUT2D eigenvalue weighted by Gasteiger charge is -2.40. The van der Waals surface area contributed by atoms with Gasteiger partial charge in [-0.15, -0.1) is 0 Å². The van der Waals surface area contributed by atoms with Crippen LogP contribution in [0.5, 0.6) is 0 Å². The van der Waals surface area contributed by atoms with Crippen LogP contribution in [0.25, 0.3) is 0 Å². The third kappa shape index (κ3) is 3.76. The fourth-order valence-electron chi connectivity index (χ4n) is 4.31. The molecule has 168 valence electrons. The number of urea groups is 1. The number of alkyl halides is 3. The maximum Gasteiger partial charge on any atom is 0.414 e. The van der Waals surface area contributed by atoms with Gasteiger partial charge in [0, 0.05) is 15.8 Å². The number of hydrogen-bond acceptors (Lipinski definition) is 2. The third-order valence-electron chi connectivity index (χ3n) is 5.94. The molecular formula is C25H19BrF3N3O. The zero-order valence-electron chi connectivity index (χ0n) is 17.8. The Balaban J connectivity index is 2.00. The van der Waals surface area contributed by atoms with Gasteiger partial charge >= 0.3 is 12.2 Å². The van der Waals surface area contributed by atoms with Crippen LogP contribution in [0.3, 0.4) is 0 Å². The number of benzene rings is 3. The molecule has 1 aliphatic rings. The van der Waals surface area contributed by atoms with Crippen molar-refractivity contribution < 1.29 is 18.0 Å². The first-order valence-corrected chi connectivity index (χ1v) is 10.9. The van der Waals surface area contributed by atoms with E-state index in [2.05, 4.69) is 15.9 Å². The van der Waals surface area contributed by atoms with E-state index in [4.69, 9.17) is 5.26 Å². The number of nitrogens with zero attached hydrogens (tertiary/aromatic N) is 3. The zero-order valence-corrected chi connectivity index (χ0v) is 19.4. The highest BCUT2D eigenvalue weighted by atomic mass is 79.9. The largest absolute Gasteiger partial charge is 0.414 e. The first-order chi connectivity index (χ1) is 15.6. The Morgan fingerprint density at radius 2 is 1.61 bits per heavy atom. The zero-order chi connectivity index (χ0) is 24.0. The summed E-state index contributed by atoms with van der Waals surface area (Å²) in [6.07, 6.45) is -4.77. The summed E-state index contributed by atoms with van der Waals surface area (Å²) in [7, 11) is 0. The highest BCUT2D eigenvalue weighted by Crippen LogP contribution is 2.54. The van der Waals surface area contributed by atoms with Gasteiger partial charge < -0.3 is 0 Å². The van der Waals surface area contributed by atoms with E-state index in [0.29, 0.717) is 16.8 Å². The molecule has 0 aliphatic carbocycles. The van der Waals surface area contributed by atoms with Gasteiger partial charge in [0.05, 0.1) is 17.7 Å². The lowest BCUT2D eigenvalue weighted by Crippen LogP contribution is -2.57. The number of rotatable bonds is 3. The number of amides is 2. The Bertz CT molecular complexity index is 1240. The molecule has 3 aromatic carbocycles. The second-order valence-electron chi connectivity index (χ2n) is 8.09. The van der Waals surface area contributed by atoms with E-state index in [9.17, 15) is 18.0 Å². The maximum absolute atomic E-state index is 14.9. The van der Waals surface area contributed by atoms with Crippen molar-refractivity contribution in [3.05, 3.63) is 94.0 Å². The normalized spacial score (nSPS) is 20.8. The topological polar surface area (TPSA) is 47.3 Å². The van der Waals surface area contributed by atoms with Gasteiger partial charge in [-0.25, -0.2) is 4.79 Å². The van der Waals surface area contributed by atoms with Gasteiger partial charge in [0.15, 0.2) is 5.54 Å². The molecular weight excluding hydrogens is 495 g/mol. The molecule has 4 nitrogen and oxygen atoms in total. The average Bonchev–Trinajstić information content (AvgIpc) is 3.02. The summed E-state index contributed by atoms with van der Waals surface area (Å²) in [6, 6.07) is 18.7. The van der Waals surface area contributed by atoms with Crippen LogP contribution in [0.2, 0.25) is 0 Å². The van der Waals surface area contributed by atoms with Crippen LogP contribution in [-0.2, 0) is 0 Å². The quantitative estimate of drug-likeness (QED) is 0.373. The maximum atomic E-state index is 14.9. The molecule has 4 rings (SSSR count). The van der Waals surface area contributed by atoms with Crippen LogP contribution in [0, 0.1) is 18.3 Å². The Morgan fingerprint density at radius 1 is 1.00 bits per heavy atom. The Labute approximate surface area is 198 Å². The van der Waals surface area contributed by atoms with Crippen molar-refractivity contribution in [2.24, 2.45) is 0 Å². The van der Waals surface area contributed by atoms with E-state index in [-0.39, 0.29) is 5.69 Å². The molecule has 0 unspecified atom stereocenters. The minimum atomic E-state index is -4.77. The molecule has 0 N–H and O–H groups in total. The highest BCUT2D eigenvalue weighted by Gasteiger charge is 2.69. The summed E-state index contributed by atoms with van der Waals surface area (Å²) in [6.45, 7) is 2.85. The van der Waals surface area contributed by atoms with Gasteiger partial charge in [-0.3, -0.25) is 9.80 Å². The standard InChI is InChI=1S/C25H19BrF3N3O/c1-16-4-3-5-18(14-16)22-24(2,25(27,28)29)32(21-10-6-17(15-30)7-11-21)23(33)31(22)20-12-8-19(26)9-13-20/h3-14,22H,1-2H3/t22-,24-/m0/s1. The molecule has 3 aromatic rings. The van der Waals surface area contributed by atoms with Crippen molar-refractivity contribution in [1.29, 1.82) is 5.26 Å². The number of hydrogen-bond donors (Lipinski definition) is 0. The minimum absolute atomic E-state index is 0.0658. The Morgan fingerprint density at radius 3 is 2.15 bits per heavy atom. The lowest BCUT2D eigenvalue weighted by molar-refractivity contribution is -0.182. The molecule has 1 fully saturated rings. The van der Waals surface area contributed by atoms with Gasteiger partial charge in [0.25, 0.3) is 0 Å². The van der Waals surface area contributed by atoms with Crippen molar-refractivity contribution in [2.75, 3.05) is 9.80 Å². The van der Waals surface area contributed by atoms with Crippen molar-refractivity contribution in [3.8, 4) is 6.07 Å². The summed E-state index contributed by atoms with van der Waals surface area (Å²) in [5.41, 5.74) is -0.713. The SMILES string of the molecule is Cc1cccc([C@@H]2N(c3ccc(Br)cc3)C(=O)N(c3ccc(C#N)cc3)[C@]2(C)C(F)(F)F)c1. The molecule has 0 saturated carbocycles. The first kappa shape index (κ1) is 22.9. The molecule has 0 radical (unpaired) electrons. The molecule has 1 saturated heterocycles. The van der Waals surface area contributed by atoms with E-state index in [1.54, 1.807) is 55.5 Å². The van der Waals surface area contributed by atoms with E-state index in [0.717, 1.165) is 21.9 Å². The van der Waals surface area contributed by atoms with E-state index < -0.39 is 23.8 Å². The smallest absolute Gasteiger partial charge is 0.284 e. The van der Waals surface area contributed by atoms with Crippen LogP contribution >= 0.6 is 15.9 Å².